The van der Waals surface area contributed by atoms with Crippen molar-refractivity contribution in [3.63, 3.8) is 0 Å². The van der Waals surface area contributed by atoms with Gasteiger partial charge < -0.3 is 15.5 Å². The van der Waals surface area contributed by atoms with E-state index >= 15 is 0 Å². The maximum atomic E-state index is 13.1. The molecule has 2 fully saturated rings. The van der Waals surface area contributed by atoms with Crippen molar-refractivity contribution >= 4 is 29.7 Å². The molecule has 2 aromatic carbocycles. The predicted molar refractivity (Wildman–Crippen MR) is 113 cm³/mol. The maximum absolute atomic E-state index is 13.1. The van der Waals surface area contributed by atoms with Gasteiger partial charge in [0.25, 0.3) is 5.91 Å². The van der Waals surface area contributed by atoms with E-state index in [2.05, 4.69) is 10.6 Å². The number of carbonyl (C=O) groups excluding carboxylic acids is 1. The van der Waals surface area contributed by atoms with E-state index in [1.54, 1.807) is 0 Å². The van der Waals surface area contributed by atoms with E-state index in [-0.39, 0.29) is 18.3 Å². The Morgan fingerprint density at radius 3 is 2.30 bits per heavy atom. The minimum atomic E-state index is 0. The number of rotatable bonds is 6. The number of nitrogens with zero attached hydrogens (tertiary/aromatic N) is 1. The number of halogens is 1. The Labute approximate surface area is 167 Å². The van der Waals surface area contributed by atoms with Gasteiger partial charge in [0.15, 0.2) is 0 Å². The average Bonchev–Trinajstić information content (AvgIpc) is 3.52. The SMILES string of the molecule is Cl.O=C(c1ccccc1Nc1ccccc1)N1CCC(NCC2CC2)CC1. The number of amides is 1. The standard InChI is InChI=1S/C22H27N3O.ClH/c26-22(25-14-12-18(13-15-25)23-16-17-10-11-17)20-8-4-5-9-21(20)24-19-6-2-1-3-7-19;/h1-9,17-18,23-24H,10-16H2;1H. The lowest BCUT2D eigenvalue weighted by Gasteiger charge is -2.33. The van der Waals surface area contributed by atoms with Crippen molar-refractivity contribution < 1.29 is 4.79 Å². The van der Waals surface area contributed by atoms with Gasteiger partial charge in [-0.15, -0.1) is 12.4 Å². The van der Waals surface area contributed by atoms with Crippen molar-refractivity contribution in [2.75, 3.05) is 25.0 Å². The van der Waals surface area contributed by atoms with Gasteiger partial charge >= 0.3 is 0 Å². The van der Waals surface area contributed by atoms with Crippen molar-refractivity contribution in [1.82, 2.24) is 10.2 Å². The summed E-state index contributed by atoms with van der Waals surface area (Å²) >= 11 is 0. The Kier molecular flexibility index (Phi) is 6.75. The van der Waals surface area contributed by atoms with Crippen LogP contribution in [-0.4, -0.2) is 36.5 Å². The van der Waals surface area contributed by atoms with E-state index in [0.717, 1.165) is 55.3 Å². The lowest BCUT2D eigenvalue weighted by atomic mass is 10.0. The Balaban J connectivity index is 0.00000210. The summed E-state index contributed by atoms with van der Waals surface area (Å²) < 4.78 is 0. The molecule has 1 saturated carbocycles. The Morgan fingerprint density at radius 1 is 0.926 bits per heavy atom. The highest BCUT2D eigenvalue weighted by Crippen LogP contribution is 2.28. The first-order chi connectivity index (χ1) is 12.8. The fourth-order valence-electron chi connectivity index (χ4n) is 3.57. The highest BCUT2D eigenvalue weighted by molar-refractivity contribution is 6.00. The van der Waals surface area contributed by atoms with E-state index < -0.39 is 0 Å². The Morgan fingerprint density at radius 2 is 1.59 bits per heavy atom. The van der Waals surface area contributed by atoms with Gasteiger partial charge in [0.05, 0.1) is 11.3 Å². The zero-order valence-corrected chi connectivity index (χ0v) is 16.4. The molecule has 1 aliphatic carbocycles. The number of hydrogen-bond acceptors (Lipinski definition) is 3. The minimum Gasteiger partial charge on any atom is -0.355 e. The molecule has 4 nitrogen and oxygen atoms in total. The lowest BCUT2D eigenvalue weighted by Crippen LogP contribution is -2.45. The van der Waals surface area contributed by atoms with Crippen molar-refractivity contribution in [3.05, 3.63) is 60.2 Å². The number of piperidine rings is 1. The van der Waals surface area contributed by atoms with Crippen LogP contribution in [0, 0.1) is 5.92 Å². The quantitative estimate of drug-likeness (QED) is 0.771. The van der Waals surface area contributed by atoms with E-state index in [4.69, 9.17) is 0 Å². The number of para-hydroxylation sites is 2. The molecule has 0 radical (unpaired) electrons. The molecule has 144 valence electrons. The van der Waals surface area contributed by atoms with Crippen LogP contribution in [-0.2, 0) is 0 Å². The van der Waals surface area contributed by atoms with Gasteiger partial charge in [-0.2, -0.15) is 0 Å². The van der Waals surface area contributed by atoms with E-state index in [1.165, 1.54) is 12.8 Å². The van der Waals surface area contributed by atoms with Crippen molar-refractivity contribution in [1.29, 1.82) is 0 Å². The third-order valence-corrected chi connectivity index (χ3v) is 5.38. The lowest BCUT2D eigenvalue weighted by molar-refractivity contribution is 0.0706. The highest BCUT2D eigenvalue weighted by atomic mass is 35.5. The molecule has 2 aliphatic rings. The molecule has 1 amide bonds. The van der Waals surface area contributed by atoms with Gasteiger partial charge in [-0.3, -0.25) is 4.79 Å². The van der Waals surface area contributed by atoms with Gasteiger partial charge in [-0.25, -0.2) is 0 Å². The molecule has 0 spiro atoms. The molecule has 2 aromatic rings. The van der Waals surface area contributed by atoms with Crippen LogP contribution in [0.5, 0.6) is 0 Å². The zero-order chi connectivity index (χ0) is 17.8. The normalized spacial score (nSPS) is 17.3. The van der Waals surface area contributed by atoms with E-state index in [0.29, 0.717) is 6.04 Å². The molecular formula is C22H28ClN3O. The molecule has 1 aliphatic heterocycles. The molecule has 0 atom stereocenters. The smallest absolute Gasteiger partial charge is 0.255 e. The minimum absolute atomic E-state index is 0. The molecule has 0 aromatic heterocycles. The summed E-state index contributed by atoms with van der Waals surface area (Å²) in [6.45, 7) is 2.82. The van der Waals surface area contributed by atoms with Crippen LogP contribution in [0.25, 0.3) is 0 Å². The Bertz CT molecular complexity index is 740. The van der Waals surface area contributed by atoms with Crippen LogP contribution >= 0.6 is 12.4 Å². The third kappa shape index (κ3) is 5.24. The molecule has 4 rings (SSSR count). The van der Waals surface area contributed by atoms with Crippen LogP contribution in [0.15, 0.2) is 54.6 Å². The van der Waals surface area contributed by atoms with Gasteiger partial charge in [-0.05, 0) is 62.4 Å². The van der Waals surface area contributed by atoms with Crippen LogP contribution in [0.1, 0.15) is 36.0 Å². The van der Waals surface area contributed by atoms with Crippen LogP contribution in [0.2, 0.25) is 0 Å². The molecule has 1 heterocycles. The summed E-state index contributed by atoms with van der Waals surface area (Å²) in [5, 5.41) is 7.06. The molecule has 1 saturated heterocycles. The Hall–Kier alpha value is -2.04. The molecular weight excluding hydrogens is 358 g/mol. The van der Waals surface area contributed by atoms with Crippen LogP contribution < -0.4 is 10.6 Å². The highest BCUT2D eigenvalue weighted by Gasteiger charge is 2.27. The number of carbonyl (C=O) groups is 1. The second-order valence-corrected chi connectivity index (χ2v) is 7.45. The van der Waals surface area contributed by atoms with Gasteiger partial charge in [0.2, 0.25) is 0 Å². The molecule has 0 unspecified atom stereocenters. The van der Waals surface area contributed by atoms with Crippen molar-refractivity contribution in [3.8, 4) is 0 Å². The largest absolute Gasteiger partial charge is 0.355 e. The monoisotopic (exact) mass is 385 g/mol. The number of likely N-dealkylation sites (tertiary alicyclic amines) is 1. The van der Waals surface area contributed by atoms with Gasteiger partial charge in [-0.1, -0.05) is 30.3 Å². The second kappa shape index (κ2) is 9.25. The summed E-state index contributed by atoms with van der Waals surface area (Å²) in [4.78, 5) is 15.1. The fraction of sp³-hybridized carbons (Fsp3) is 0.409. The molecule has 0 bridgehead atoms. The molecule has 27 heavy (non-hydrogen) atoms. The van der Waals surface area contributed by atoms with Crippen molar-refractivity contribution in [2.45, 2.75) is 31.7 Å². The van der Waals surface area contributed by atoms with E-state index in [9.17, 15) is 4.79 Å². The first kappa shape index (κ1) is 19.7. The summed E-state index contributed by atoms with van der Waals surface area (Å²) in [6, 6.07) is 18.4. The summed E-state index contributed by atoms with van der Waals surface area (Å²) in [7, 11) is 0. The third-order valence-electron chi connectivity index (χ3n) is 5.38. The predicted octanol–water partition coefficient (Wildman–Crippen LogP) is 4.46. The second-order valence-electron chi connectivity index (χ2n) is 7.45. The number of anilines is 2. The first-order valence-electron chi connectivity index (χ1n) is 9.73. The molecule has 5 heteroatoms. The van der Waals surface area contributed by atoms with Crippen LogP contribution in [0.4, 0.5) is 11.4 Å². The topological polar surface area (TPSA) is 44.4 Å². The van der Waals surface area contributed by atoms with Gasteiger partial charge in [0.1, 0.15) is 0 Å². The summed E-state index contributed by atoms with van der Waals surface area (Å²) in [5.74, 6) is 1.04. The number of nitrogens with one attached hydrogen (secondary N) is 2. The van der Waals surface area contributed by atoms with E-state index in [1.807, 2.05) is 59.5 Å². The molecule has 2 N–H and O–H groups in total. The maximum Gasteiger partial charge on any atom is 0.255 e. The van der Waals surface area contributed by atoms with Gasteiger partial charge in [0, 0.05) is 24.8 Å². The first-order valence-corrected chi connectivity index (χ1v) is 9.73. The summed E-state index contributed by atoms with van der Waals surface area (Å²) in [6.07, 6.45) is 4.87. The zero-order valence-electron chi connectivity index (χ0n) is 15.6. The van der Waals surface area contributed by atoms with Crippen molar-refractivity contribution in [2.24, 2.45) is 5.92 Å². The fourth-order valence-corrected chi connectivity index (χ4v) is 3.57. The number of benzene rings is 2. The number of hydrogen-bond donors (Lipinski definition) is 2. The summed E-state index contributed by atoms with van der Waals surface area (Å²) in [5.41, 5.74) is 2.62. The average molecular weight is 386 g/mol. The van der Waals surface area contributed by atoms with Crippen LogP contribution in [0.3, 0.4) is 0 Å².